The Balaban J connectivity index is 1.46. The Morgan fingerprint density at radius 1 is 1.18 bits per heavy atom. The molecule has 1 aromatic carbocycles. The molecule has 1 aromatic heterocycles. The maximum atomic E-state index is 12.1. The van der Waals surface area contributed by atoms with Gasteiger partial charge in [0.1, 0.15) is 5.82 Å². The summed E-state index contributed by atoms with van der Waals surface area (Å²) >= 11 is 0. The molecule has 6 heteroatoms. The van der Waals surface area contributed by atoms with E-state index in [1.54, 1.807) is 13.1 Å². The third-order valence-electron chi connectivity index (χ3n) is 4.66. The number of aromatic nitrogens is 1. The zero-order valence-electron chi connectivity index (χ0n) is 16.5. The SMILES string of the molecule is CN=C(NCCC(=O)Nc1cccc(C)n1)N1CC=C(c2ccccc2)CC1. The average Bonchev–Trinajstić information content (AvgIpc) is 2.72. The normalized spacial score (nSPS) is 14.4. The van der Waals surface area contributed by atoms with Crippen LogP contribution in [0.15, 0.2) is 59.6 Å². The molecule has 0 unspecified atom stereocenters. The molecule has 1 amide bonds. The zero-order valence-corrected chi connectivity index (χ0v) is 16.5. The van der Waals surface area contributed by atoms with Crippen molar-refractivity contribution in [1.82, 2.24) is 15.2 Å². The Hall–Kier alpha value is -3.15. The van der Waals surface area contributed by atoms with Gasteiger partial charge in [-0.25, -0.2) is 4.98 Å². The van der Waals surface area contributed by atoms with Crippen molar-refractivity contribution in [1.29, 1.82) is 0 Å². The standard InChI is InChI=1S/C22H27N5O/c1-17-7-6-10-20(25-17)26-21(28)11-14-24-22(23-2)27-15-12-19(13-16-27)18-8-4-3-5-9-18/h3-10,12H,11,13-16H2,1-2H3,(H,23,24)(H,25,26,28). The summed E-state index contributed by atoms with van der Waals surface area (Å²) in [6.07, 6.45) is 3.58. The van der Waals surface area contributed by atoms with Crippen molar-refractivity contribution in [3.05, 3.63) is 65.9 Å². The van der Waals surface area contributed by atoms with E-state index in [4.69, 9.17) is 0 Å². The molecule has 1 aliphatic rings. The molecule has 2 N–H and O–H groups in total. The monoisotopic (exact) mass is 377 g/mol. The highest BCUT2D eigenvalue weighted by atomic mass is 16.1. The fourth-order valence-electron chi connectivity index (χ4n) is 3.21. The van der Waals surface area contributed by atoms with Crippen molar-refractivity contribution >= 4 is 23.3 Å². The van der Waals surface area contributed by atoms with E-state index in [9.17, 15) is 4.79 Å². The first-order valence-corrected chi connectivity index (χ1v) is 9.59. The van der Waals surface area contributed by atoms with Gasteiger partial charge in [-0.1, -0.05) is 42.5 Å². The lowest BCUT2D eigenvalue weighted by Crippen LogP contribution is -2.44. The summed E-state index contributed by atoms with van der Waals surface area (Å²) in [5.74, 6) is 1.35. The van der Waals surface area contributed by atoms with Crippen LogP contribution in [0.2, 0.25) is 0 Å². The highest BCUT2D eigenvalue weighted by molar-refractivity contribution is 5.90. The second kappa shape index (κ2) is 9.69. The molecule has 0 saturated carbocycles. The van der Waals surface area contributed by atoms with Gasteiger partial charge in [-0.05, 0) is 36.6 Å². The number of rotatable bonds is 5. The molecule has 0 aliphatic carbocycles. The van der Waals surface area contributed by atoms with Gasteiger partial charge >= 0.3 is 0 Å². The minimum atomic E-state index is -0.0639. The molecule has 2 heterocycles. The minimum absolute atomic E-state index is 0.0639. The maximum Gasteiger partial charge on any atom is 0.227 e. The van der Waals surface area contributed by atoms with E-state index in [1.165, 1.54) is 11.1 Å². The van der Waals surface area contributed by atoms with Gasteiger partial charge in [-0.3, -0.25) is 9.79 Å². The summed E-state index contributed by atoms with van der Waals surface area (Å²) in [4.78, 5) is 23.0. The molecule has 3 rings (SSSR count). The lowest BCUT2D eigenvalue weighted by atomic mass is 10.00. The van der Waals surface area contributed by atoms with Crippen LogP contribution in [-0.4, -0.2) is 48.4 Å². The Morgan fingerprint density at radius 3 is 2.68 bits per heavy atom. The van der Waals surface area contributed by atoms with Crippen molar-refractivity contribution in [2.24, 2.45) is 4.99 Å². The molecule has 0 saturated heterocycles. The summed E-state index contributed by atoms with van der Waals surface area (Å²) in [6.45, 7) is 4.14. The number of pyridine rings is 1. The molecule has 0 atom stereocenters. The molecule has 0 bridgehead atoms. The Kier molecular flexibility index (Phi) is 6.78. The van der Waals surface area contributed by atoms with E-state index in [2.05, 4.69) is 55.9 Å². The number of amides is 1. The lowest BCUT2D eigenvalue weighted by Gasteiger charge is -2.29. The summed E-state index contributed by atoms with van der Waals surface area (Å²) in [5.41, 5.74) is 3.54. The van der Waals surface area contributed by atoms with E-state index < -0.39 is 0 Å². The third-order valence-corrected chi connectivity index (χ3v) is 4.66. The van der Waals surface area contributed by atoms with Crippen molar-refractivity contribution < 1.29 is 4.79 Å². The fourth-order valence-corrected chi connectivity index (χ4v) is 3.21. The van der Waals surface area contributed by atoms with Crippen LogP contribution < -0.4 is 10.6 Å². The predicted octanol–water partition coefficient (Wildman–Crippen LogP) is 3.08. The zero-order chi connectivity index (χ0) is 19.8. The molecule has 6 nitrogen and oxygen atoms in total. The number of guanidine groups is 1. The van der Waals surface area contributed by atoms with Crippen LogP contribution in [0.1, 0.15) is 24.1 Å². The lowest BCUT2D eigenvalue weighted by molar-refractivity contribution is -0.116. The molecule has 28 heavy (non-hydrogen) atoms. The van der Waals surface area contributed by atoms with Gasteiger partial charge in [0.15, 0.2) is 5.96 Å². The molecule has 1 aliphatic heterocycles. The number of aryl methyl sites for hydroxylation is 1. The number of benzene rings is 1. The number of carbonyl (C=O) groups is 1. The molecule has 146 valence electrons. The van der Waals surface area contributed by atoms with E-state index in [0.717, 1.165) is 31.2 Å². The molecule has 0 radical (unpaired) electrons. The number of anilines is 1. The first-order valence-electron chi connectivity index (χ1n) is 9.59. The van der Waals surface area contributed by atoms with E-state index >= 15 is 0 Å². The molecular formula is C22H27N5O. The molecule has 0 spiro atoms. The van der Waals surface area contributed by atoms with Crippen molar-refractivity contribution in [3.63, 3.8) is 0 Å². The molecule has 0 fully saturated rings. The van der Waals surface area contributed by atoms with Crippen LogP contribution in [-0.2, 0) is 4.79 Å². The number of hydrogen-bond donors (Lipinski definition) is 2. The van der Waals surface area contributed by atoms with Crippen LogP contribution >= 0.6 is 0 Å². The fraction of sp³-hybridized carbons (Fsp3) is 0.318. The van der Waals surface area contributed by atoms with Crippen LogP contribution in [0, 0.1) is 6.92 Å². The third kappa shape index (κ3) is 5.42. The second-order valence-electron chi connectivity index (χ2n) is 6.73. The average molecular weight is 377 g/mol. The van der Waals surface area contributed by atoms with Crippen molar-refractivity contribution in [2.45, 2.75) is 19.8 Å². The van der Waals surface area contributed by atoms with Crippen LogP contribution in [0.4, 0.5) is 5.82 Å². The number of nitrogens with zero attached hydrogens (tertiary/aromatic N) is 3. The Bertz CT molecular complexity index is 860. The van der Waals surface area contributed by atoms with Gasteiger partial charge < -0.3 is 15.5 Å². The highest BCUT2D eigenvalue weighted by Gasteiger charge is 2.16. The first-order chi connectivity index (χ1) is 13.7. The first kappa shape index (κ1) is 19.6. The molecule has 2 aromatic rings. The van der Waals surface area contributed by atoms with Gasteiger partial charge in [-0.15, -0.1) is 0 Å². The topological polar surface area (TPSA) is 69.6 Å². The smallest absolute Gasteiger partial charge is 0.227 e. The van der Waals surface area contributed by atoms with Crippen LogP contribution in [0.25, 0.3) is 5.57 Å². The summed E-state index contributed by atoms with van der Waals surface area (Å²) in [6, 6.07) is 16.0. The van der Waals surface area contributed by atoms with Gasteiger partial charge in [0, 0.05) is 38.8 Å². The van der Waals surface area contributed by atoms with E-state index in [1.807, 2.05) is 25.1 Å². The quantitative estimate of drug-likeness (QED) is 0.621. The van der Waals surface area contributed by atoms with Crippen LogP contribution in [0.5, 0.6) is 0 Å². The number of hydrogen-bond acceptors (Lipinski definition) is 3. The summed E-state index contributed by atoms with van der Waals surface area (Å²) in [7, 11) is 1.77. The summed E-state index contributed by atoms with van der Waals surface area (Å²) < 4.78 is 0. The van der Waals surface area contributed by atoms with Gasteiger partial charge in [0.25, 0.3) is 0 Å². The minimum Gasteiger partial charge on any atom is -0.356 e. The molecular weight excluding hydrogens is 350 g/mol. The number of nitrogens with one attached hydrogen (secondary N) is 2. The van der Waals surface area contributed by atoms with E-state index in [-0.39, 0.29) is 5.91 Å². The Labute approximate surface area is 166 Å². The maximum absolute atomic E-state index is 12.1. The second-order valence-corrected chi connectivity index (χ2v) is 6.73. The largest absolute Gasteiger partial charge is 0.356 e. The number of carbonyl (C=O) groups excluding carboxylic acids is 1. The highest BCUT2D eigenvalue weighted by Crippen LogP contribution is 2.21. The number of aliphatic imine (C=N–C) groups is 1. The Morgan fingerprint density at radius 2 is 2.00 bits per heavy atom. The van der Waals surface area contributed by atoms with Gasteiger partial charge in [0.2, 0.25) is 5.91 Å². The van der Waals surface area contributed by atoms with Gasteiger partial charge in [-0.2, -0.15) is 0 Å². The summed E-state index contributed by atoms with van der Waals surface area (Å²) in [5, 5.41) is 6.11. The van der Waals surface area contributed by atoms with Gasteiger partial charge in [0.05, 0.1) is 0 Å². The van der Waals surface area contributed by atoms with Crippen molar-refractivity contribution in [2.75, 3.05) is 32.0 Å². The predicted molar refractivity (Wildman–Crippen MR) is 114 cm³/mol. The van der Waals surface area contributed by atoms with Crippen LogP contribution in [0.3, 0.4) is 0 Å². The van der Waals surface area contributed by atoms with E-state index in [0.29, 0.717) is 18.8 Å². The van der Waals surface area contributed by atoms with Crippen molar-refractivity contribution in [3.8, 4) is 0 Å².